The highest BCUT2D eigenvalue weighted by atomic mass is 16.6. The molecule has 0 amide bonds. The predicted octanol–water partition coefficient (Wildman–Crippen LogP) is 2.24. The van der Waals surface area contributed by atoms with Crippen LogP contribution in [0.1, 0.15) is 31.9 Å². The Bertz CT molecular complexity index is 436. The van der Waals surface area contributed by atoms with Crippen molar-refractivity contribution in [1.82, 2.24) is 0 Å². The maximum absolute atomic E-state index is 10.7. The molecule has 1 aliphatic heterocycles. The highest BCUT2D eigenvalue weighted by Crippen LogP contribution is 2.59. The summed E-state index contributed by atoms with van der Waals surface area (Å²) in [4.78, 5) is 0. The van der Waals surface area contributed by atoms with E-state index in [1.165, 1.54) is 5.56 Å². The minimum atomic E-state index is -0.835. The fourth-order valence-electron chi connectivity index (χ4n) is 3.23. The summed E-state index contributed by atoms with van der Waals surface area (Å²) < 4.78 is 5.87. The van der Waals surface area contributed by atoms with Crippen LogP contribution in [0.2, 0.25) is 0 Å². The molecular formula is C14H18O2. The van der Waals surface area contributed by atoms with Gasteiger partial charge in [-0.1, -0.05) is 38.1 Å². The van der Waals surface area contributed by atoms with Crippen molar-refractivity contribution >= 4 is 0 Å². The smallest absolute Gasteiger partial charge is 0.131 e. The van der Waals surface area contributed by atoms with E-state index in [-0.39, 0.29) is 11.7 Å². The average Bonchev–Trinajstić information content (AvgIpc) is 2.90. The van der Waals surface area contributed by atoms with Crippen LogP contribution in [0.5, 0.6) is 0 Å². The molecule has 0 aromatic heterocycles. The molecule has 1 N–H and O–H groups in total. The third-order valence-corrected chi connectivity index (χ3v) is 4.16. The summed E-state index contributed by atoms with van der Waals surface area (Å²) in [6, 6.07) is 8.13. The summed E-state index contributed by atoms with van der Waals surface area (Å²) in [5.74, 6) is 0.459. The summed E-state index contributed by atoms with van der Waals surface area (Å²) in [5.41, 5.74) is 1.08. The van der Waals surface area contributed by atoms with E-state index >= 15 is 0 Å². The van der Waals surface area contributed by atoms with E-state index in [1.807, 2.05) is 25.1 Å². The maximum Gasteiger partial charge on any atom is 0.131 e. The van der Waals surface area contributed by atoms with Crippen LogP contribution in [0.4, 0.5) is 0 Å². The van der Waals surface area contributed by atoms with Crippen LogP contribution in [0.3, 0.4) is 0 Å². The minimum absolute atomic E-state index is 0.190. The number of hydrogen-bond acceptors (Lipinski definition) is 2. The molecule has 3 atom stereocenters. The van der Waals surface area contributed by atoms with Crippen molar-refractivity contribution in [3.8, 4) is 0 Å². The number of aliphatic hydroxyl groups is 1. The molecule has 1 fully saturated rings. The Balaban J connectivity index is 2.05. The fraction of sp³-hybridized carbons (Fsp3) is 0.571. The first-order valence-electron chi connectivity index (χ1n) is 5.97. The van der Waals surface area contributed by atoms with E-state index in [0.717, 1.165) is 12.0 Å². The second kappa shape index (κ2) is 2.88. The quantitative estimate of drug-likeness (QED) is 0.733. The number of fused-ring (bicyclic) bond motifs is 1. The molecule has 86 valence electrons. The van der Waals surface area contributed by atoms with Crippen molar-refractivity contribution in [2.75, 3.05) is 0 Å². The minimum Gasteiger partial charge on any atom is -0.382 e. The highest BCUT2D eigenvalue weighted by molar-refractivity contribution is 5.45. The first-order chi connectivity index (χ1) is 7.49. The summed E-state index contributed by atoms with van der Waals surface area (Å²) in [6.45, 7) is 6.19. The number of epoxide rings is 1. The molecule has 1 heterocycles. The first-order valence-corrected chi connectivity index (χ1v) is 5.97. The normalized spacial score (nSPS) is 40.4. The van der Waals surface area contributed by atoms with Crippen LogP contribution in [0.15, 0.2) is 24.3 Å². The van der Waals surface area contributed by atoms with E-state index < -0.39 is 5.60 Å². The second-order valence-corrected chi connectivity index (χ2v) is 5.58. The van der Waals surface area contributed by atoms with E-state index in [4.69, 9.17) is 4.74 Å². The van der Waals surface area contributed by atoms with Gasteiger partial charge in [-0.3, -0.25) is 0 Å². The second-order valence-electron chi connectivity index (χ2n) is 5.58. The van der Waals surface area contributed by atoms with E-state index in [2.05, 4.69) is 19.9 Å². The maximum atomic E-state index is 10.7. The molecule has 0 unspecified atom stereocenters. The molecular weight excluding hydrogens is 200 g/mol. The van der Waals surface area contributed by atoms with Crippen LogP contribution in [-0.4, -0.2) is 16.8 Å². The molecule has 2 nitrogen and oxygen atoms in total. The largest absolute Gasteiger partial charge is 0.382 e. The topological polar surface area (TPSA) is 32.8 Å². The van der Waals surface area contributed by atoms with Gasteiger partial charge in [0.25, 0.3) is 0 Å². The lowest BCUT2D eigenvalue weighted by Crippen LogP contribution is -2.39. The van der Waals surface area contributed by atoms with Gasteiger partial charge in [0.1, 0.15) is 11.2 Å². The Morgan fingerprint density at radius 1 is 1.38 bits per heavy atom. The van der Waals surface area contributed by atoms with Crippen LogP contribution >= 0.6 is 0 Å². The molecule has 1 aromatic rings. The van der Waals surface area contributed by atoms with Crippen molar-refractivity contribution in [3.63, 3.8) is 0 Å². The zero-order valence-electron chi connectivity index (χ0n) is 10.0. The summed E-state index contributed by atoms with van der Waals surface area (Å²) in [6.07, 6.45) is 1.04. The van der Waals surface area contributed by atoms with Gasteiger partial charge in [0, 0.05) is 6.42 Å². The van der Waals surface area contributed by atoms with Gasteiger partial charge in [0.2, 0.25) is 0 Å². The van der Waals surface area contributed by atoms with Crippen molar-refractivity contribution in [2.45, 2.75) is 44.5 Å². The number of ether oxygens (including phenoxy) is 1. The van der Waals surface area contributed by atoms with E-state index in [0.29, 0.717) is 5.92 Å². The predicted molar refractivity (Wildman–Crippen MR) is 62.2 cm³/mol. The van der Waals surface area contributed by atoms with Gasteiger partial charge in [-0.05, 0) is 24.0 Å². The van der Waals surface area contributed by atoms with E-state index in [1.54, 1.807) is 0 Å². The Hall–Kier alpha value is -0.860. The van der Waals surface area contributed by atoms with Crippen LogP contribution in [-0.2, 0) is 16.8 Å². The molecule has 1 spiro atoms. The molecule has 16 heavy (non-hydrogen) atoms. The van der Waals surface area contributed by atoms with Crippen LogP contribution in [0.25, 0.3) is 0 Å². The zero-order valence-corrected chi connectivity index (χ0v) is 10.0. The van der Waals surface area contributed by atoms with Crippen LogP contribution in [0, 0.1) is 5.92 Å². The van der Waals surface area contributed by atoms with E-state index in [9.17, 15) is 5.11 Å². The zero-order chi connectivity index (χ0) is 11.6. The lowest BCUT2D eigenvalue weighted by molar-refractivity contribution is -0.0140. The average molecular weight is 218 g/mol. The molecule has 2 aliphatic rings. The molecule has 1 saturated heterocycles. The first kappa shape index (κ1) is 10.3. The van der Waals surface area contributed by atoms with Crippen molar-refractivity contribution in [1.29, 1.82) is 0 Å². The monoisotopic (exact) mass is 218 g/mol. The lowest BCUT2D eigenvalue weighted by Gasteiger charge is -2.25. The van der Waals surface area contributed by atoms with Gasteiger partial charge in [-0.25, -0.2) is 0 Å². The number of benzene rings is 1. The van der Waals surface area contributed by atoms with Gasteiger partial charge in [0.05, 0.1) is 6.10 Å². The summed E-state index contributed by atoms with van der Waals surface area (Å²) in [5, 5.41) is 10.7. The standard InChI is InChI=1S/C14H18O2/c1-9(2)12-14(16-12)8-10-6-4-5-7-11(10)13(14,3)15/h4-7,9,12,15H,8H2,1-3H3/t12-,13-,14+/m0/s1. The summed E-state index contributed by atoms with van der Waals surface area (Å²) >= 11 is 0. The number of rotatable bonds is 1. The van der Waals surface area contributed by atoms with Gasteiger partial charge in [0.15, 0.2) is 0 Å². The lowest BCUT2D eigenvalue weighted by atomic mass is 9.83. The fourth-order valence-corrected chi connectivity index (χ4v) is 3.23. The molecule has 0 saturated carbocycles. The molecule has 1 aliphatic carbocycles. The van der Waals surface area contributed by atoms with Crippen molar-refractivity contribution < 1.29 is 9.84 Å². The highest BCUT2D eigenvalue weighted by Gasteiger charge is 2.71. The van der Waals surface area contributed by atoms with Crippen molar-refractivity contribution in [2.24, 2.45) is 5.92 Å². The number of hydrogen-bond donors (Lipinski definition) is 1. The Morgan fingerprint density at radius 2 is 2.06 bits per heavy atom. The van der Waals surface area contributed by atoms with Gasteiger partial charge >= 0.3 is 0 Å². The third-order valence-electron chi connectivity index (χ3n) is 4.16. The van der Waals surface area contributed by atoms with Gasteiger partial charge in [-0.2, -0.15) is 0 Å². The Kier molecular flexibility index (Phi) is 1.85. The molecule has 2 heteroatoms. The van der Waals surface area contributed by atoms with Gasteiger partial charge in [-0.15, -0.1) is 0 Å². The van der Waals surface area contributed by atoms with Crippen molar-refractivity contribution in [3.05, 3.63) is 35.4 Å². The van der Waals surface area contributed by atoms with Gasteiger partial charge < -0.3 is 9.84 Å². The summed E-state index contributed by atoms with van der Waals surface area (Å²) in [7, 11) is 0. The Labute approximate surface area is 96.2 Å². The SMILES string of the molecule is CC(C)[C@@H]1O[C@]12Cc1ccccc1[C@]2(C)O. The molecule has 0 radical (unpaired) electrons. The third kappa shape index (κ3) is 1.04. The molecule has 1 aromatic carbocycles. The Morgan fingerprint density at radius 3 is 2.62 bits per heavy atom. The molecule has 0 bridgehead atoms. The molecule has 3 rings (SSSR count). The van der Waals surface area contributed by atoms with Crippen LogP contribution < -0.4 is 0 Å².